The van der Waals surface area contributed by atoms with Crippen LogP contribution in [0.5, 0.6) is 0 Å². The van der Waals surface area contributed by atoms with Gasteiger partial charge in [0.15, 0.2) is 0 Å². The third kappa shape index (κ3) is 2.77. The van der Waals surface area contributed by atoms with Gasteiger partial charge in [0.1, 0.15) is 11.7 Å². The molecule has 3 atom stereocenters. The fourth-order valence-corrected chi connectivity index (χ4v) is 5.70. The molecule has 4 heterocycles. The molecule has 0 spiro atoms. The second-order valence-corrected chi connectivity index (χ2v) is 10.5. The Labute approximate surface area is 197 Å². The van der Waals surface area contributed by atoms with Crippen molar-refractivity contribution in [3.63, 3.8) is 0 Å². The molecule has 2 bridgehead atoms. The fraction of sp³-hybridized carbons (Fsp3) is 0.385. The van der Waals surface area contributed by atoms with E-state index in [1.807, 2.05) is 48.5 Å². The van der Waals surface area contributed by atoms with Gasteiger partial charge >= 0.3 is 6.03 Å². The molecular formula is C26H27N5O3. The molecule has 2 aromatic carbocycles. The zero-order chi connectivity index (χ0) is 23.9. The van der Waals surface area contributed by atoms with Gasteiger partial charge in [-0.1, -0.05) is 57.2 Å². The minimum Gasteiger partial charge on any atom is -0.330 e. The van der Waals surface area contributed by atoms with Gasteiger partial charge in [0.05, 0.1) is 23.5 Å². The first-order valence-corrected chi connectivity index (χ1v) is 11.7. The third-order valence-corrected chi connectivity index (χ3v) is 7.40. The van der Waals surface area contributed by atoms with Crippen LogP contribution in [0.2, 0.25) is 0 Å². The number of imide groups is 1. The average molecular weight is 458 g/mol. The number of aromatic nitrogens is 2. The van der Waals surface area contributed by atoms with E-state index in [-0.39, 0.29) is 35.3 Å². The molecule has 0 radical (unpaired) electrons. The molecule has 3 fully saturated rings. The Morgan fingerprint density at radius 1 is 1.06 bits per heavy atom. The van der Waals surface area contributed by atoms with E-state index < -0.39 is 6.04 Å². The highest BCUT2D eigenvalue weighted by Gasteiger charge is 2.63. The molecule has 174 valence electrons. The number of carbonyl (C=O) groups is 3. The van der Waals surface area contributed by atoms with Crippen LogP contribution in [0.1, 0.15) is 43.4 Å². The average Bonchev–Trinajstić information content (AvgIpc) is 3.55. The predicted octanol–water partition coefficient (Wildman–Crippen LogP) is 3.30. The Balaban J connectivity index is 1.33. The van der Waals surface area contributed by atoms with Crippen LogP contribution in [0.3, 0.4) is 0 Å². The molecule has 3 unspecified atom stereocenters. The number of aryl methyl sites for hydroxylation is 1. The van der Waals surface area contributed by atoms with Crippen molar-refractivity contribution < 1.29 is 14.4 Å². The molecule has 8 nitrogen and oxygen atoms in total. The Morgan fingerprint density at radius 3 is 2.53 bits per heavy atom. The third-order valence-electron chi connectivity index (χ3n) is 7.40. The molecule has 34 heavy (non-hydrogen) atoms. The van der Waals surface area contributed by atoms with Crippen LogP contribution in [-0.4, -0.2) is 62.1 Å². The lowest BCUT2D eigenvalue weighted by atomic mass is 9.92. The van der Waals surface area contributed by atoms with Gasteiger partial charge in [0, 0.05) is 24.4 Å². The number of nitrogens with zero attached hydrogens (tertiary/aromatic N) is 5. The summed E-state index contributed by atoms with van der Waals surface area (Å²) in [6.45, 7) is 6.61. The number of amides is 4. The minimum absolute atomic E-state index is 0.137. The Bertz CT molecular complexity index is 1370. The minimum atomic E-state index is -0.649. The van der Waals surface area contributed by atoms with Crippen molar-refractivity contribution in [2.45, 2.75) is 50.7 Å². The Hall–Kier alpha value is -3.68. The Kier molecular flexibility index (Phi) is 4.25. The molecule has 1 aromatic heterocycles. The largest absolute Gasteiger partial charge is 0.332 e. The zero-order valence-electron chi connectivity index (χ0n) is 19.7. The lowest BCUT2D eigenvalue weighted by Crippen LogP contribution is -2.55. The van der Waals surface area contributed by atoms with E-state index in [4.69, 9.17) is 0 Å². The molecule has 3 aliphatic heterocycles. The van der Waals surface area contributed by atoms with Gasteiger partial charge in [-0.2, -0.15) is 5.10 Å². The second-order valence-electron chi connectivity index (χ2n) is 10.5. The first-order chi connectivity index (χ1) is 16.2. The van der Waals surface area contributed by atoms with Crippen LogP contribution < -0.4 is 4.90 Å². The van der Waals surface area contributed by atoms with Crippen molar-refractivity contribution in [3.05, 3.63) is 59.9 Å². The highest BCUT2D eigenvalue weighted by Crippen LogP contribution is 2.44. The summed E-state index contributed by atoms with van der Waals surface area (Å²) in [6, 6.07) is 13.8. The van der Waals surface area contributed by atoms with E-state index >= 15 is 0 Å². The van der Waals surface area contributed by atoms with Crippen molar-refractivity contribution in [2.24, 2.45) is 7.05 Å². The summed E-state index contributed by atoms with van der Waals surface area (Å²) in [5.41, 5.74) is 1.77. The van der Waals surface area contributed by atoms with E-state index in [0.717, 1.165) is 16.5 Å². The summed E-state index contributed by atoms with van der Waals surface area (Å²) >= 11 is 0. The molecule has 0 saturated carbocycles. The highest BCUT2D eigenvalue weighted by atomic mass is 16.2. The molecule has 3 saturated heterocycles. The number of piperazine rings is 1. The molecule has 6 rings (SSSR count). The Morgan fingerprint density at radius 2 is 1.79 bits per heavy atom. The van der Waals surface area contributed by atoms with Crippen LogP contribution in [0, 0.1) is 0 Å². The number of urea groups is 1. The number of anilines is 1. The SMILES string of the molecule is Cn1nc(C(C)(C)C)cc1C(=O)N1CC2CC1C1C(=O)N(c3cccc4ccccc34)C(=O)N21. The molecule has 8 heteroatoms. The summed E-state index contributed by atoms with van der Waals surface area (Å²) < 4.78 is 1.62. The van der Waals surface area contributed by atoms with Gasteiger partial charge in [-0.25, -0.2) is 9.69 Å². The van der Waals surface area contributed by atoms with E-state index in [1.54, 1.807) is 21.5 Å². The van der Waals surface area contributed by atoms with Gasteiger partial charge < -0.3 is 9.80 Å². The molecule has 3 aliphatic rings. The van der Waals surface area contributed by atoms with Crippen molar-refractivity contribution in [2.75, 3.05) is 11.4 Å². The first kappa shape index (κ1) is 20.9. The van der Waals surface area contributed by atoms with Gasteiger partial charge in [0.25, 0.3) is 11.8 Å². The molecular weight excluding hydrogens is 430 g/mol. The maximum atomic E-state index is 13.6. The van der Waals surface area contributed by atoms with Crippen LogP contribution >= 0.6 is 0 Å². The molecule has 0 aliphatic carbocycles. The van der Waals surface area contributed by atoms with Gasteiger partial charge in [0.2, 0.25) is 0 Å². The first-order valence-electron chi connectivity index (χ1n) is 11.7. The van der Waals surface area contributed by atoms with Crippen LogP contribution in [-0.2, 0) is 17.3 Å². The van der Waals surface area contributed by atoms with E-state index in [1.165, 1.54) is 4.90 Å². The number of benzene rings is 2. The summed E-state index contributed by atoms with van der Waals surface area (Å²) in [6.07, 6.45) is 0.626. The van der Waals surface area contributed by atoms with E-state index in [0.29, 0.717) is 24.3 Å². The van der Waals surface area contributed by atoms with Crippen molar-refractivity contribution >= 4 is 34.3 Å². The summed E-state index contributed by atoms with van der Waals surface area (Å²) in [5, 5.41) is 6.37. The number of carbonyl (C=O) groups excluding carboxylic acids is 3. The van der Waals surface area contributed by atoms with E-state index in [9.17, 15) is 14.4 Å². The van der Waals surface area contributed by atoms with Crippen LogP contribution in [0.15, 0.2) is 48.5 Å². The smallest absolute Gasteiger partial charge is 0.330 e. The zero-order valence-corrected chi connectivity index (χ0v) is 19.7. The number of rotatable bonds is 2. The number of fused-ring (bicyclic) bond motifs is 6. The lowest BCUT2D eigenvalue weighted by Gasteiger charge is -2.34. The van der Waals surface area contributed by atoms with Crippen LogP contribution in [0.25, 0.3) is 10.8 Å². The van der Waals surface area contributed by atoms with Crippen molar-refractivity contribution in [1.29, 1.82) is 0 Å². The van der Waals surface area contributed by atoms with Crippen molar-refractivity contribution in [3.8, 4) is 0 Å². The number of likely N-dealkylation sites (tertiary alicyclic amines) is 1. The van der Waals surface area contributed by atoms with Gasteiger partial charge in [-0.05, 0) is 23.9 Å². The van der Waals surface area contributed by atoms with Gasteiger partial charge in [-0.15, -0.1) is 0 Å². The monoisotopic (exact) mass is 457 g/mol. The summed E-state index contributed by atoms with van der Waals surface area (Å²) in [7, 11) is 1.77. The topological polar surface area (TPSA) is 78.8 Å². The lowest BCUT2D eigenvalue weighted by molar-refractivity contribution is -0.121. The second kappa shape index (κ2) is 6.91. The maximum absolute atomic E-state index is 13.6. The summed E-state index contributed by atoms with van der Waals surface area (Å²) in [5.74, 6) is -0.395. The standard InChI is InChI=1S/C26H27N5O3/c1-26(2,3)21-13-20(28(4)27-21)23(32)29-14-16-12-19(29)22-24(33)31(25(34)30(16)22)18-11-7-9-15-8-5-6-10-17(15)18/h5-11,13,16,19,22H,12,14H2,1-4H3. The molecule has 4 amide bonds. The van der Waals surface area contributed by atoms with Crippen molar-refractivity contribution in [1.82, 2.24) is 19.6 Å². The summed E-state index contributed by atoms with van der Waals surface area (Å²) in [4.78, 5) is 45.4. The predicted molar refractivity (Wildman–Crippen MR) is 128 cm³/mol. The van der Waals surface area contributed by atoms with Crippen LogP contribution in [0.4, 0.5) is 10.5 Å². The molecule has 0 N–H and O–H groups in total. The number of hydrogen-bond donors (Lipinski definition) is 0. The highest BCUT2D eigenvalue weighted by molar-refractivity contribution is 6.25. The number of hydrogen-bond acceptors (Lipinski definition) is 4. The normalized spacial score (nSPS) is 24.0. The quantitative estimate of drug-likeness (QED) is 0.553. The van der Waals surface area contributed by atoms with E-state index in [2.05, 4.69) is 25.9 Å². The molecule has 3 aromatic rings. The fourth-order valence-electron chi connectivity index (χ4n) is 5.70. The maximum Gasteiger partial charge on any atom is 0.332 e. The van der Waals surface area contributed by atoms with Gasteiger partial charge in [-0.3, -0.25) is 14.3 Å².